The number of nitrogens with one attached hydrogen (secondary N) is 1. The van der Waals surface area contributed by atoms with Gasteiger partial charge in [0.25, 0.3) is 0 Å². The van der Waals surface area contributed by atoms with Gasteiger partial charge in [0, 0.05) is 24.0 Å². The van der Waals surface area contributed by atoms with Gasteiger partial charge in [0.15, 0.2) is 0 Å². The van der Waals surface area contributed by atoms with Crippen molar-refractivity contribution in [1.82, 2.24) is 5.32 Å². The molecular weight excluding hydrogens is 276 g/mol. The van der Waals surface area contributed by atoms with Crippen molar-refractivity contribution in [2.24, 2.45) is 5.92 Å². The standard InChI is InChI=1S/C14H22N2O3S/c1-2-11-5-7-14(17,8-6-11)10-15-9-12-3-4-13(20-12)16(18)19/h3-4,11,15,17H,2,5-10H2,1H3. The van der Waals surface area contributed by atoms with E-state index in [0.717, 1.165) is 36.5 Å². The summed E-state index contributed by atoms with van der Waals surface area (Å²) in [6.07, 6.45) is 5.09. The minimum Gasteiger partial charge on any atom is -0.389 e. The van der Waals surface area contributed by atoms with Crippen molar-refractivity contribution in [3.8, 4) is 0 Å². The van der Waals surface area contributed by atoms with Crippen LogP contribution in [0.2, 0.25) is 0 Å². The van der Waals surface area contributed by atoms with Gasteiger partial charge in [0.2, 0.25) is 0 Å². The van der Waals surface area contributed by atoms with Crippen LogP contribution in [-0.2, 0) is 6.54 Å². The normalized spacial score (nSPS) is 26.6. The molecule has 0 unspecified atom stereocenters. The second-order valence-corrected chi connectivity index (χ2v) is 6.82. The largest absolute Gasteiger partial charge is 0.389 e. The van der Waals surface area contributed by atoms with Crippen LogP contribution in [-0.4, -0.2) is 22.2 Å². The Balaban J connectivity index is 1.76. The molecule has 2 rings (SSSR count). The molecule has 0 spiro atoms. The second kappa shape index (κ2) is 6.65. The molecule has 112 valence electrons. The third-order valence-electron chi connectivity index (χ3n) is 4.19. The van der Waals surface area contributed by atoms with E-state index in [4.69, 9.17) is 0 Å². The van der Waals surface area contributed by atoms with E-state index in [1.54, 1.807) is 6.07 Å². The van der Waals surface area contributed by atoms with Crippen molar-refractivity contribution >= 4 is 16.3 Å². The maximum Gasteiger partial charge on any atom is 0.324 e. The number of hydrogen-bond acceptors (Lipinski definition) is 5. The molecule has 6 heteroatoms. The Morgan fingerprint density at radius 1 is 1.50 bits per heavy atom. The fourth-order valence-electron chi connectivity index (χ4n) is 2.78. The van der Waals surface area contributed by atoms with E-state index in [9.17, 15) is 15.2 Å². The zero-order chi connectivity index (χ0) is 14.6. The Morgan fingerprint density at radius 2 is 2.20 bits per heavy atom. The van der Waals surface area contributed by atoms with Crippen LogP contribution in [0.25, 0.3) is 0 Å². The number of nitro groups is 1. The highest BCUT2D eigenvalue weighted by Gasteiger charge is 2.32. The van der Waals surface area contributed by atoms with Gasteiger partial charge >= 0.3 is 5.00 Å². The molecule has 0 bridgehead atoms. The molecule has 0 aliphatic heterocycles. The highest BCUT2D eigenvalue weighted by molar-refractivity contribution is 7.15. The Labute approximate surface area is 123 Å². The average molecular weight is 298 g/mol. The first-order valence-electron chi connectivity index (χ1n) is 7.18. The molecule has 1 fully saturated rings. The van der Waals surface area contributed by atoms with E-state index >= 15 is 0 Å². The number of nitrogens with zero attached hydrogens (tertiary/aromatic N) is 1. The van der Waals surface area contributed by atoms with E-state index in [2.05, 4.69) is 12.2 Å². The quantitative estimate of drug-likeness (QED) is 0.625. The summed E-state index contributed by atoms with van der Waals surface area (Å²) in [5, 5.41) is 24.5. The van der Waals surface area contributed by atoms with Gasteiger partial charge in [-0.15, -0.1) is 0 Å². The first kappa shape index (κ1) is 15.4. The van der Waals surface area contributed by atoms with Crippen LogP contribution in [0.5, 0.6) is 0 Å². The maximum absolute atomic E-state index is 10.6. The molecule has 0 saturated heterocycles. The van der Waals surface area contributed by atoms with Crippen molar-refractivity contribution in [3.63, 3.8) is 0 Å². The summed E-state index contributed by atoms with van der Waals surface area (Å²) < 4.78 is 0. The highest BCUT2D eigenvalue weighted by atomic mass is 32.1. The van der Waals surface area contributed by atoms with Gasteiger partial charge in [0.1, 0.15) is 0 Å². The summed E-state index contributed by atoms with van der Waals surface area (Å²) in [6, 6.07) is 3.30. The van der Waals surface area contributed by atoms with Crippen molar-refractivity contribution in [1.29, 1.82) is 0 Å². The first-order valence-corrected chi connectivity index (χ1v) is 8.00. The van der Waals surface area contributed by atoms with Crippen molar-refractivity contribution < 1.29 is 10.0 Å². The lowest BCUT2D eigenvalue weighted by molar-refractivity contribution is -0.380. The van der Waals surface area contributed by atoms with Gasteiger partial charge in [-0.3, -0.25) is 10.1 Å². The minimum atomic E-state index is -0.602. The number of aliphatic hydroxyl groups is 1. The molecule has 1 aromatic rings. The lowest BCUT2D eigenvalue weighted by Crippen LogP contribution is -2.43. The maximum atomic E-state index is 10.6. The molecule has 1 saturated carbocycles. The highest BCUT2D eigenvalue weighted by Crippen LogP contribution is 2.33. The van der Waals surface area contributed by atoms with Crippen LogP contribution in [0, 0.1) is 16.0 Å². The molecule has 1 heterocycles. The Bertz CT molecular complexity index is 453. The second-order valence-electron chi connectivity index (χ2n) is 5.68. The van der Waals surface area contributed by atoms with Crippen LogP contribution < -0.4 is 5.32 Å². The summed E-state index contributed by atoms with van der Waals surface area (Å²) in [6.45, 7) is 3.35. The van der Waals surface area contributed by atoms with E-state index in [-0.39, 0.29) is 9.92 Å². The Morgan fingerprint density at radius 3 is 2.75 bits per heavy atom. The summed E-state index contributed by atoms with van der Waals surface area (Å²) in [4.78, 5) is 11.2. The Hall–Kier alpha value is -0.980. The van der Waals surface area contributed by atoms with Gasteiger partial charge in [-0.1, -0.05) is 24.7 Å². The molecule has 20 heavy (non-hydrogen) atoms. The lowest BCUT2D eigenvalue weighted by atomic mass is 9.78. The zero-order valence-electron chi connectivity index (χ0n) is 11.8. The SMILES string of the molecule is CCC1CCC(O)(CNCc2ccc([N+](=O)[O-])s2)CC1. The topological polar surface area (TPSA) is 75.4 Å². The summed E-state index contributed by atoms with van der Waals surface area (Å²) in [7, 11) is 0. The first-order chi connectivity index (χ1) is 9.52. The summed E-state index contributed by atoms with van der Waals surface area (Å²) in [5.74, 6) is 0.759. The Kier molecular flexibility index (Phi) is 5.12. The molecule has 1 aliphatic carbocycles. The van der Waals surface area contributed by atoms with Crippen LogP contribution in [0.15, 0.2) is 12.1 Å². The van der Waals surface area contributed by atoms with Crippen LogP contribution in [0.4, 0.5) is 5.00 Å². The average Bonchev–Trinajstić information content (AvgIpc) is 2.89. The van der Waals surface area contributed by atoms with Gasteiger partial charge in [0.05, 0.1) is 10.5 Å². The van der Waals surface area contributed by atoms with Crippen molar-refractivity contribution in [2.75, 3.05) is 6.54 Å². The molecule has 2 N–H and O–H groups in total. The summed E-state index contributed by atoms with van der Waals surface area (Å²) >= 11 is 1.19. The fourth-order valence-corrected chi connectivity index (χ4v) is 3.57. The number of hydrogen-bond donors (Lipinski definition) is 2. The van der Waals surface area contributed by atoms with E-state index < -0.39 is 5.60 Å². The van der Waals surface area contributed by atoms with Gasteiger partial charge in [-0.25, -0.2) is 0 Å². The summed E-state index contributed by atoms with van der Waals surface area (Å²) in [5.41, 5.74) is -0.602. The van der Waals surface area contributed by atoms with Gasteiger partial charge in [-0.05, 0) is 37.7 Å². The molecule has 0 amide bonds. The molecule has 0 radical (unpaired) electrons. The van der Waals surface area contributed by atoms with Crippen molar-refractivity contribution in [3.05, 3.63) is 27.1 Å². The predicted octanol–water partition coefficient (Wildman–Crippen LogP) is 3.08. The van der Waals surface area contributed by atoms with E-state index in [1.807, 2.05) is 0 Å². The number of rotatable bonds is 6. The third-order valence-corrected chi connectivity index (χ3v) is 5.23. The third kappa shape index (κ3) is 4.01. The molecular formula is C14H22N2O3S. The van der Waals surface area contributed by atoms with E-state index in [0.29, 0.717) is 13.1 Å². The van der Waals surface area contributed by atoms with Gasteiger partial charge in [-0.2, -0.15) is 0 Å². The van der Waals surface area contributed by atoms with Crippen molar-refractivity contribution in [2.45, 2.75) is 51.2 Å². The molecule has 0 aromatic carbocycles. The zero-order valence-corrected chi connectivity index (χ0v) is 12.6. The molecule has 1 aliphatic rings. The minimum absolute atomic E-state index is 0.170. The monoisotopic (exact) mass is 298 g/mol. The number of thiophene rings is 1. The van der Waals surface area contributed by atoms with Crippen LogP contribution >= 0.6 is 11.3 Å². The molecule has 1 aromatic heterocycles. The molecule has 0 atom stereocenters. The predicted molar refractivity (Wildman–Crippen MR) is 79.9 cm³/mol. The van der Waals surface area contributed by atoms with Crippen LogP contribution in [0.3, 0.4) is 0 Å². The van der Waals surface area contributed by atoms with E-state index in [1.165, 1.54) is 23.8 Å². The fraction of sp³-hybridized carbons (Fsp3) is 0.714. The molecule has 5 nitrogen and oxygen atoms in total. The smallest absolute Gasteiger partial charge is 0.324 e. The lowest BCUT2D eigenvalue weighted by Gasteiger charge is -2.36. The van der Waals surface area contributed by atoms with Gasteiger partial charge < -0.3 is 10.4 Å². The van der Waals surface area contributed by atoms with Crippen LogP contribution in [0.1, 0.15) is 43.9 Å².